The molecule has 7 heteroatoms. The summed E-state index contributed by atoms with van der Waals surface area (Å²) in [6.07, 6.45) is 16.3. The van der Waals surface area contributed by atoms with Crippen LogP contribution in [0.4, 0.5) is 0 Å². The molecule has 3 fully saturated rings. The summed E-state index contributed by atoms with van der Waals surface area (Å²) in [5, 5.41) is 10.2. The molecular formula is C35H62O5Si2. The van der Waals surface area contributed by atoms with E-state index in [0.717, 1.165) is 12.3 Å². The molecule has 240 valence electrons. The van der Waals surface area contributed by atoms with Crippen LogP contribution in [-0.2, 0) is 18.8 Å². The van der Waals surface area contributed by atoms with Gasteiger partial charge in [0.05, 0.1) is 15.2 Å². The van der Waals surface area contributed by atoms with E-state index in [2.05, 4.69) is 78.8 Å². The van der Waals surface area contributed by atoms with E-state index in [1.807, 2.05) is 0 Å². The van der Waals surface area contributed by atoms with Gasteiger partial charge in [0.15, 0.2) is 14.1 Å². The summed E-state index contributed by atoms with van der Waals surface area (Å²) < 4.78 is 11.4. The molecule has 3 aliphatic rings. The summed E-state index contributed by atoms with van der Waals surface area (Å²) in [6, 6.07) is 0. The molecule has 0 aromatic heterocycles. The maximum atomic E-state index is 11.6. The van der Waals surface area contributed by atoms with E-state index in [4.69, 9.17) is 14.1 Å². The molecule has 2 unspecified atom stereocenters. The van der Waals surface area contributed by atoms with Crippen molar-refractivity contribution in [2.45, 2.75) is 142 Å². The van der Waals surface area contributed by atoms with Crippen LogP contribution in [0.15, 0.2) is 35.5 Å². The van der Waals surface area contributed by atoms with Crippen molar-refractivity contribution in [2.75, 3.05) is 7.11 Å². The summed E-state index contributed by atoms with van der Waals surface area (Å²) >= 11 is 0. The zero-order valence-corrected chi connectivity index (χ0v) is 30.6. The van der Waals surface area contributed by atoms with E-state index in [1.54, 1.807) is 5.57 Å². The summed E-state index contributed by atoms with van der Waals surface area (Å²) in [4.78, 5) is 16.9. The Kier molecular flexibility index (Phi) is 11.8. The summed E-state index contributed by atoms with van der Waals surface area (Å²) in [6.45, 7) is 25.5. The highest BCUT2D eigenvalue weighted by molar-refractivity contribution is 6.78. The van der Waals surface area contributed by atoms with Gasteiger partial charge in [-0.15, -0.1) is 0 Å². The van der Waals surface area contributed by atoms with Crippen molar-refractivity contribution < 1.29 is 24.1 Å². The first-order valence-corrected chi connectivity index (χ1v) is 23.6. The number of carbonyl (C=O) groups is 1. The fraction of sp³-hybridized carbons (Fsp3) is 0.800. The molecule has 0 amide bonds. The van der Waals surface area contributed by atoms with Crippen molar-refractivity contribution in [2.24, 2.45) is 29.1 Å². The van der Waals surface area contributed by atoms with Crippen LogP contribution < -0.4 is 0 Å². The normalized spacial score (nSPS) is 34.0. The van der Waals surface area contributed by atoms with Crippen LogP contribution in [0.25, 0.3) is 0 Å². The minimum Gasteiger partial charge on any atom is -0.469 e. The van der Waals surface area contributed by atoms with Crippen molar-refractivity contribution in [3.8, 4) is 0 Å². The summed E-state index contributed by atoms with van der Waals surface area (Å²) in [7, 11) is -2.12. The number of ether oxygens (including phenoxy) is 1. The van der Waals surface area contributed by atoms with Gasteiger partial charge in [-0.05, 0) is 91.9 Å². The number of hydrogen-bond donors (Lipinski definition) is 1. The van der Waals surface area contributed by atoms with E-state index in [-0.39, 0.29) is 5.97 Å². The summed E-state index contributed by atoms with van der Waals surface area (Å²) in [5.74, 6) is 1.38. The van der Waals surface area contributed by atoms with Crippen LogP contribution in [0.1, 0.15) is 91.4 Å². The Labute approximate surface area is 259 Å². The lowest BCUT2D eigenvalue weighted by atomic mass is 9.60. The predicted molar refractivity (Wildman–Crippen MR) is 179 cm³/mol. The molecule has 3 saturated carbocycles. The maximum Gasteiger partial charge on any atom is 0.305 e. The van der Waals surface area contributed by atoms with E-state index >= 15 is 0 Å². The molecule has 0 aliphatic heterocycles. The van der Waals surface area contributed by atoms with Gasteiger partial charge < -0.3 is 9.16 Å². The van der Waals surface area contributed by atoms with Gasteiger partial charge in [-0.25, -0.2) is 10.1 Å². The second kappa shape index (κ2) is 14.0. The fourth-order valence-electron chi connectivity index (χ4n) is 8.73. The smallest absolute Gasteiger partial charge is 0.305 e. The highest BCUT2D eigenvalue weighted by Crippen LogP contribution is 2.60. The molecule has 3 rings (SSSR count). The second-order valence-electron chi connectivity index (χ2n) is 16.4. The van der Waals surface area contributed by atoms with Gasteiger partial charge >= 0.3 is 5.97 Å². The number of methoxy groups -OCH3 is 1. The van der Waals surface area contributed by atoms with Crippen molar-refractivity contribution in [1.82, 2.24) is 0 Å². The van der Waals surface area contributed by atoms with Crippen molar-refractivity contribution in [1.29, 1.82) is 0 Å². The van der Waals surface area contributed by atoms with Crippen molar-refractivity contribution in [3.63, 3.8) is 0 Å². The Bertz CT molecular complexity index is 1020. The minimum atomic E-state index is -1.97. The topological polar surface area (TPSA) is 65.0 Å². The Balaban J connectivity index is 1.78. The Hall–Kier alpha value is -0.996. The van der Waals surface area contributed by atoms with Crippen LogP contribution >= 0.6 is 0 Å². The Morgan fingerprint density at radius 3 is 2.40 bits per heavy atom. The number of carbonyl (C=O) groups excluding carboxylic acids is 1. The molecular weight excluding hydrogens is 557 g/mol. The minimum absolute atomic E-state index is 0.0934. The Morgan fingerprint density at radius 1 is 1.12 bits per heavy atom. The average molecular weight is 619 g/mol. The first-order valence-electron chi connectivity index (χ1n) is 16.6. The monoisotopic (exact) mass is 618 g/mol. The molecule has 1 N–H and O–H groups in total. The lowest BCUT2D eigenvalue weighted by Gasteiger charge is -2.47. The fourth-order valence-corrected chi connectivity index (χ4v) is 12.2. The molecule has 3 aliphatic carbocycles. The number of allylic oxidation sites excluding steroid dienone is 4. The third kappa shape index (κ3) is 8.59. The number of esters is 1. The number of hydrogen-bond acceptors (Lipinski definition) is 5. The van der Waals surface area contributed by atoms with E-state index < -0.39 is 22.2 Å². The molecule has 0 heterocycles. The molecule has 0 saturated heterocycles. The zero-order valence-electron chi connectivity index (χ0n) is 28.6. The highest BCUT2D eigenvalue weighted by Gasteiger charge is 2.51. The van der Waals surface area contributed by atoms with E-state index in [9.17, 15) is 10.1 Å². The van der Waals surface area contributed by atoms with Crippen LogP contribution in [0.2, 0.25) is 44.8 Å². The van der Waals surface area contributed by atoms with E-state index in [0.29, 0.717) is 48.0 Å². The molecule has 0 bridgehead atoms. The van der Waals surface area contributed by atoms with Gasteiger partial charge in [0.2, 0.25) is 0 Å². The van der Waals surface area contributed by atoms with Gasteiger partial charge in [-0.3, -0.25) is 4.79 Å². The van der Waals surface area contributed by atoms with E-state index in [1.165, 1.54) is 63.2 Å². The van der Waals surface area contributed by atoms with Gasteiger partial charge in [-0.1, -0.05) is 89.6 Å². The molecule has 0 radical (unpaired) electrons. The quantitative estimate of drug-likeness (QED) is 0.0775. The van der Waals surface area contributed by atoms with Crippen molar-refractivity contribution >= 4 is 22.4 Å². The SMILES string of the molecule is C=C1/C(=C\C=C2CCC[C@]3(C)[C@@H]([C@H](C)CCCC(C)CC(=O)OC)CC[C@@H]23)C[C@](OO)(O[Si](C)(C)C)CC1[Si](C)(C)C. The molecule has 42 heavy (non-hydrogen) atoms. The molecule has 7 atom stereocenters. The Morgan fingerprint density at radius 2 is 1.81 bits per heavy atom. The average Bonchev–Trinajstić information content (AvgIpc) is 3.24. The predicted octanol–water partition coefficient (Wildman–Crippen LogP) is 10.2. The summed E-state index contributed by atoms with van der Waals surface area (Å²) in [5.41, 5.74) is 4.65. The maximum absolute atomic E-state index is 11.6. The van der Waals surface area contributed by atoms with Gasteiger partial charge in [-0.2, -0.15) is 0 Å². The first kappa shape index (κ1) is 35.5. The number of rotatable bonds is 12. The first-order chi connectivity index (χ1) is 19.4. The van der Waals surface area contributed by atoms with Gasteiger partial charge in [0.1, 0.15) is 0 Å². The standard InChI is InChI=1S/C35H62O5Si2/c1-25(22-33(36)38-5)14-12-15-26(2)30-19-20-31-28(16-13-21-34(30,31)4)17-18-29-23-35(39-37,40-42(9,10)11)24-32(27(29)3)41(6,7)8/h17-18,25-26,30-32,37H,3,12-16,19-24H2,1-2,4-11H3/b28-17?,29-18-/t25?,26-,30-,31+,32?,34-,35+/m1/s1. The number of fused-ring (bicyclic) bond motifs is 1. The van der Waals surface area contributed by atoms with Gasteiger partial charge in [0.25, 0.3) is 0 Å². The molecule has 0 spiro atoms. The van der Waals surface area contributed by atoms with Crippen LogP contribution in [0, 0.1) is 29.1 Å². The van der Waals surface area contributed by atoms with Crippen LogP contribution in [0.3, 0.4) is 0 Å². The molecule has 5 nitrogen and oxygen atoms in total. The lowest BCUT2D eigenvalue weighted by Crippen LogP contribution is -2.50. The van der Waals surface area contributed by atoms with Gasteiger partial charge in [0, 0.05) is 19.3 Å². The second-order valence-corrected chi connectivity index (χ2v) is 26.2. The molecule has 0 aromatic rings. The van der Waals surface area contributed by atoms with Crippen LogP contribution in [0.5, 0.6) is 0 Å². The highest BCUT2D eigenvalue weighted by atomic mass is 28.4. The largest absolute Gasteiger partial charge is 0.469 e. The third-order valence-electron chi connectivity index (χ3n) is 10.8. The van der Waals surface area contributed by atoms with Crippen molar-refractivity contribution in [3.05, 3.63) is 35.5 Å². The zero-order chi connectivity index (χ0) is 31.5. The molecule has 0 aromatic carbocycles. The third-order valence-corrected chi connectivity index (χ3v) is 14.5. The van der Waals surface area contributed by atoms with Crippen LogP contribution in [-0.4, -0.2) is 40.5 Å². The lowest BCUT2D eigenvalue weighted by molar-refractivity contribution is -0.387.